The minimum atomic E-state index is -4.31. The fourth-order valence-corrected chi connectivity index (χ4v) is 7.99. The van der Waals surface area contributed by atoms with Crippen LogP contribution in [0.15, 0.2) is 85.2 Å². The highest BCUT2D eigenvalue weighted by Gasteiger charge is 2.30. The number of halogens is 7. The van der Waals surface area contributed by atoms with Gasteiger partial charge in [-0.05, 0) is 73.4 Å². The number of alkyl halides is 6. The van der Waals surface area contributed by atoms with Crippen LogP contribution in [0, 0.1) is 11.8 Å². The summed E-state index contributed by atoms with van der Waals surface area (Å²) in [6.45, 7) is -0.885. The van der Waals surface area contributed by atoms with E-state index in [4.69, 9.17) is 26.2 Å². The summed E-state index contributed by atoms with van der Waals surface area (Å²) in [7, 11) is 3.01. The van der Waals surface area contributed by atoms with Crippen LogP contribution >= 0.6 is 11.6 Å². The van der Waals surface area contributed by atoms with Crippen LogP contribution in [0.1, 0.15) is 77.6 Å². The molecule has 0 bridgehead atoms. The summed E-state index contributed by atoms with van der Waals surface area (Å²) in [5.41, 5.74) is 6.56. The van der Waals surface area contributed by atoms with E-state index in [9.17, 15) is 41.0 Å². The molecule has 3 aromatic carbocycles. The van der Waals surface area contributed by atoms with Crippen molar-refractivity contribution in [2.75, 3.05) is 37.9 Å². The van der Waals surface area contributed by atoms with Gasteiger partial charge in [0.1, 0.15) is 11.5 Å². The number of carbonyl (C=O) groups excluding carboxylic acids is 2. The van der Waals surface area contributed by atoms with Crippen LogP contribution in [-0.2, 0) is 6.61 Å². The number of fused-ring (bicyclic) bond motifs is 2. The van der Waals surface area contributed by atoms with E-state index >= 15 is 0 Å². The number of methoxy groups -OCH3 is 2. The summed E-state index contributed by atoms with van der Waals surface area (Å²) in [5.74, 6) is 2.00. The van der Waals surface area contributed by atoms with Crippen molar-refractivity contribution < 1.29 is 50.5 Å². The second-order valence-electron chi connectivity index (χ2n) is 17.0. The maximum absolute atomic E-state index is 12.8. The largest absolute Gasteiger partial charge is 0.496 e. The molecule has 0 amide bonds. The van der Waals surface area contributed by atoms with E-state index in [-0.39, 0.29) is 36.4 Å². The highest BCUT2D eigenvalue weighted by molar-refractivity contribution is 6.29. The third kappa shape index (κ3) is 11.9. The van der Waals surface area contributed by atoms with Crippen LogP contribution in [-0.4, -0.2) is 85.5 Å². The highest BCUT2D eigenvalue weighted by Crippen LogP contribution is 2.39. The van der Waals surface area contributed by atoms with Crippen LogP contribution < -0.4 is 20.1 Å². The van der Waals surface area contributed by atoms with Gasteiger partial charge in [-0.15, -0.1) is 0 Å². The lowest BCUT2D eigenvalue weighted by molar-refractivity contribution is -0.132. The molecular formula is C49H47ClF6N8O5. The Kier molecular flexibility index (Phi) is 14.5. The molecule has 4 aromatic heterocycles. The summed E-state index contributed by atoms with van der Waals surface area (Å²) >= 11 is 6.11. The Morgan fingerprint density at radius 2 is 1.16 bits per heavy atom. The standard InChI is InChI=1S/C28H27F3N4O3.C21H20ClF3N4O2/c1-38-26-13-18(25(37)12-17-6-7-17)8-9-21(26)24-15-33-27-23(32-11-10-28(29,30)31)14-22(34-35(24)27)20-5-3-2-4-19(20)16-36;1-31-18-9-13(17(30)8-12-2-3-12)4-5-14(18)16-11-27-20-15(10-19(22)28-29(16)20)26-7-6-21(23,24)25/h2-5,8-9,13-15,17,32,36H,6-7,10-12,16H2,1H3;4-5,9-12,26H,2-3,6-8H2,1H3. The number of rotatable bonds is 18. The van der Waals surface area contributed by atoms with E-state index in [1.165, 1.54) is 31.0 Å². The molecule has 2 saturated carbocycles. The molecule has 0 saturated heterocycles. The highest BCUT2D eigenvalue weighted by atomic mass is 35.5. The number of ketones is 2. The van der Waals surface area contributed by atoms with Crippen LogP contribution in [0.2, 0.25) is 5.15 Å². The number of hydrogen-bond donors (Lipinski definition) is 3. The van der Waals surface area contributed by atoms with Gasteiger partial charge in [0.05, 0.1) is 74.5 Å². The molecule has 0 spiro atoms. The fourth-order valence-electron chi connectivity index (χ4n) is 7.81. The summed E-state index contributed by atoms with van der Waals surface area (Å²) in [6, 6.07) is 20.6. The van der Waals surface area contributed by atoms with Gasteiger partial charge in [-0.3, -0.25) is 9.59 Å². The Morgan fingerprint density at radius 1 is 0.681 bits per heavy atom. The van der Waals surface area contributed by atoms with E-state index < -0.39 is 25.2 Å². The Hall–Kier alpha value is -6.73. The predicted octanol–water partition coefficient (Wildman–Crippen LogP) is 11.3. The number of nitrogens with one attached hydrogen (secondary N) is 2. The molecule has 0 atom stereocenters. The predicted molar refractivity (Wildman–Crippen MR) is 248 cm³/mol. The Labute approximate surface area is 396 Å². The Morgan fingerprint density at radius 3 is 1.62 bits per heavy atom. The van der Waals surface area contributed by atoms with Crippen LogP contribution in [0.3, 0.4) is 0 Å². The minimum absolute atomic E-state index is 0.0627. The van der Waals surface area contributed by atoms with Gasteiger partial charge in [0.15, 0.2) is 28.0 Å². The number of nitrogens with zero attached hydrogens (tertiary/aromatic N) is 6. The molecule has 20 heteroatoms. The molecule has 13 nitrogen and oxygen atoms in total. The fraction of sp³-hybridized carbons (Fsp3) is 0.347. The zero-order valence-corrected chi connectivity index (χ0v) is 38.2. The SMILES string of the molecule is COc1cc(C(=O)CC2CC2)ccc1-c1cnc2c(NCCC(F)(F)F)cc(-c3ccccc3CO)nn12.COc1cc(C(=O)CC2CC2)ccc1-c1cnc2c(NCCC(F)(F)F)cc(Cl)nn12. The monoisotopic (exact) mass is 976 g/mol. The maximum atomic E-state index is 12.8. The van der Waals surface area contributed by atoms with Crippen molar-refractivity contribution >= 4 is 45.8 Å². The first-order valence-corrected chi connectivity index (χ1v) is 22.6. The van der Waals surface area contributed by atoms with Gasteiger partial charge < -0.3 is 25.2 Å². The topological polar surface area (TPSA) is 157 Å². The van der Waals surface area contributed by atoms with Crippen molar-refractivity contribution in [1.29, 1.82) is 0 Å². The number of hydrogen-bond acceptors (Lipinski definition) is 11. The molecule has 2 aliphatic carbocycles. The number of aliphatic hydroxyl groups excluding tert-OH is 1. The average molecular weight is 977 g/mol. The van der Waals surface area contributed by atoms with Crippen LogP contribution in [0.5, 0.6) is 11.5 Å². The number of Topliss-reactive ketones (excluding diaryl/α,β-unsaturated/α-hetero) is 2. The summed E-state index contributed by atoms with van der Waals surface area (Å²) < 4.78 is 90.1. The van der Waals surface area contributed by atoms with Crippen LogP contribution in [0.4, 0.5) is 37.7 Å². The molecule has 4 heterocycles. The van der Waals surface area contributed by atoms with Crippen molar-refractivity contribution in [1.82, 2.24) is 29.2 Å². The normalized spacial score (nSPS) is 13.8. The first-order chi connectivity index (χ1) is 33.0. The molecule has 3 N–H and O–H groups in total. The van der Waals surface area contributed by atoms with Gasteiger partial charge in [0.2, 0.25) is 0 Å². The number of carbonyl (C=O) groups is 2. The summed E-state index contributed by atoms with van der Waals surface area (Å²) in [6.07, 6.45) is -2.09. The van der Waals surface area contributed by atoms with Gasteiger partial charge >= 0.3 is 12.4 Å². The van der Waals surface area contributed by atoms with Gasteiger partial charge in [-0.25, -0.2) is 19.0 Å². The molecule has 0 aliphatic heterocycles. The third-order valence-electron chi connectivity index (χ3n) is 11.8. The molecule has 7 aromatic rings. The van der Waals surface area contributed by atoms with Crippen molar-refractivity contribution in [2.45, 2.75) is 70.3 Å². The second-order valence-corrected chi connectivity index (χ2v) is 17.3. The number of aromatic nitrogens is 6. The van der Waals surface area contributed by atoms with Crippen molar-refractivity contribution in [3.8, 4) is 45.3 Å². The van der Waals surface area contributed by atoms with Gasteiger partial charge in [0.25, 0.3) is 0 Å². The molecule has 69 heavy (non-hydrogen) atoms. The summed E-state index contributed by atoms with van der Waals surface area (Å²) in [4.78, 5) is 33.9. The lowest BCUT2D eigenvalue weighted by atomic mass is 10.0. The zero-order chi connectivity index (χ0) is 49.0. The van der Waals surface area contributed by atoms with E-state index in [0.717, 1.165) is 25.7 Å². The number of aliphatic hydroxyl groups is 1. The molecule has 2 aliphatic rings. The number of imidazole rings is 2. The molecule has 0 unspecified atom stereocenters. The zero-order valence-electron chi connectivity index (χ0n) is 37.4. The lowest BCUT2D eigenvalue weighted by Crippen LogP contribution is -2.15. The van der Waals surface area contributed by atoms with Crippen molar-refractivity contribution in [3.63, 3.8) is 0 Å². The van der Waals surface area contributed by atoms with E-state index in [1.807, 2.05) is 0 Å². The first kappa shape index (κ1) is 48.7. The number of anilines is 2. The Balaban J connectivity index is 0.000000190. The quantitative estimate of drug-likeness (QED) is 0.0555. The minimum Gasteiger partial charge on any atom is -0.496 e. The molecular weight excluding hydrogens is 930 g/mol. The van der Waals surface area contributed by atoms with Crippen molar-refractivity contribution in [2.24, 2.45) is 11.8 Å². The third-order valence-corrected chi connectivity index (χ3v) is 11.9. The molecule has 2 fully saturated rings. The molecule has 0 radical (unpaired) electrons. The van der Waals surface area contributed by atoms with Gasteiger partial charge in [-0.2, -0.15) is 36.5 Å². The van der Waals surface area contributed by atoms with Crippen LogP contribution in [0.25, 0.3) is 45.1 Å². The van der Waals surface area contributed by atoms with Gasteiger partial charge in [0, 0.05) is 59.8 Å². The first-order valence-electron chi connectivity index (χ1n) is 22.2. The van der Waals surface area contributed by atoms with Crippen molar-refractivity contribution in [3.05, 3.63) is 107 Å². The number of ether oxygens (including phenoxy) is 2. The lowest BCUT2D eigenvalue weighted by Gasteiger charge is -2.14. The Bertz CT molecular complexity index is 3000. The molecule has 362 valence electrons. The van der Waals surface area contributed by atoms with E-state index in [1.54, 1.807) is 77.4 Å². The van der Waals surface area contributed by atoms with E-state index in [0.29, 0.717) is 109 Å². The summed E-state index contributed by atoms with van der Waals surface area (Å²) in [5, 5.41) is 24.5. The smallest absolute Gasteiger partial charge is 0.390 e. The molecule has 9 rings (SSSR count). The van der Waals surface area contributed by atoms with Gasteiger partial charge in [-0.1, -0.05) is 48.0 Å². The maximum Gasteiger partial charge on any atom is 0.390 e. The van der Waals surface area contributed by atoms with E-state index in [2.05, 4.69) is 25.7 Å². The average Bonchev–Trinajstić information content (AvgIpc) is 4.24. The number of benzene rings is 3. The second kappa shape index (κ2) is 20.5.